The highest BCUT2D eigenvalue weighted by atomic mass is 35.5. The van der Waals surface area contributed by atoms with E-state index in [2.05, 4.69) is 0 Å². The first kappa shape index (κ1) is 17.1. The molecule has 1 rings (SSSR count). The molecule has 0 N–H and O–H groups in total. The second-order valence-corrected chi connectivity index (χ2v) is 6.71. The normalized spacial score (nSPS) is 13.5. The average Bonchev–Trinajstić information content (AvgIpc) is 2.38. The van der Waals surface area contributed by atoms with Crippen LogP contribution in [0.25, 0.3) is 0 Å². The lowest BCUT2D eigenvalue weighted by Crippen LogP contribution is -2.30. The number of halogens is 3. The lowest BCUT2D eigenvalue weighted by atomic mass is 10.3. The molecule has 1 unspecified atom stereocenters. The van der Waals surface area contributed by atoms with Gasteiger partial charge in [0.25, 0.3) is 0 Å². The topological polar surface area (TPSA) is 46.6 Å². The number of ether oxygens (including phenoxy) is 1. The summed E-state index contributed by atoms with van der Waals surface area (Å²) in [4.78, 5) is 1.12. The second kappa shape index (κ2) is 7.19. The largest absolute Gasteiger partial charge is 0.383 e. The Morgan fingerprint density at radius 2 is 1.95 bits per heavy atom. The number of para-hydroxylation sites is 1. The molecule has 1 atom stereocenters. The van der Waals surface area contributed by atoms with E-state index >= 15 is 0 Å². The molecule has 20 heavy (non-hydrogen) atoms. The van der Waals surface area contributed by atoms with Crippen LogP contribution in [-0.4, -0.2) is 46.9 Å². The van der Waals surface area contributed by atoms with Crippen LogP contribution in [0.3, 0.4) is 0 Å². The van der Waals surface area contributed by atoms with E-state index in [1.54, 1.807) is 13.1 Å². The molecule has 0 bridgehead atoms. The van der Waals surface area contributed by atoms with Crippen LogP contribution in [0.4, 0.5) is 14.5 Å². The van der Waals surface area contributed by atoms with Crippen molar-refractivity contribution in [3.63, 3.8) is 0 Å². The van der Waals surface area contributed by atoms with Crippen LogP contribution in [-0.2, 0) is 14.6 Å². The van der Waals surface area contributed by atoms with Crippen molar-refractivity contribution >= 4 is 27.1 Å². The maximum Gasteiger partial charge on any atom is 0.341 e. The van der Waals surface area contributed by atoms with Crippen molar-refractivity contribution in [3.8, 4) is 0 Å². The van der Waals surface area contributed by atoms with E-state index in [4.69, 9.17) is 16.3 Å². The summed E-state index contributed by atoms with van der Waals surface area (Å²) in [6.45, 7) is 0.542. The molecule has 0 aliphatic rings. The van der Waals surface area contributed by atoms with Crippen LogP contribution >= 0.6 is 11.6 Å². The molecule has 0 saturated carbocycles. The summed E-state index contributed by atoms with van der Waals surface area (Å²) in [5.74, 6) is -3.46. The molecule has 114 valence electrons. The van der Waals surface area contributed by atoms with E-state index in [1.165, 1.54) is 24.1 Å². The van der Waals surface area contributed by atoms with Crippen molar-refractivity contribution in [2.75, 3.05) is 32.2 Å². The summed E-state index contributed by atoms with van der Waals surface area (Å²) in [5.41, 5.74) is 0.189. The van der Waals surface area contributed by atoms with Crippen molar-refractivity contribution < 1.29 is 21.9 Å². The summed E-state index contributed by atoms with van der Waals surface area (Å²) in [6.07, 6.45) is 0. The number of alkyl halides is 3. The number of benzene rings is 1. The van der Waals surface area contributed by atoms with E-state index in [-0.39, 0.29) is 24.2 Å². The predicted molar refractivity (Wildman–Crippen MR) is 74.4 cm³/mol. The van der Waals surface area contributed by atoms with Crippen molar-refractivity contribution in [2.45, 2.75) is 16.0 Å². The molecule has 1 aromatic rings. The highest BCUT2D eigenvalue weighted by Crippen LogP contribution is 2.28. The fourth-order valence-electron chi connectivity index (χ4n) is 1.74. The van der Waals surface area contributed by atoms with Gasteiger partial charge in [0.1, 0.15) is 0 Å². The third kappa shape index (κ3) is 4.04. The fourth-order valence-corrected chi connectivity index (χ4v) is 3.05. The zero-order chi connectivity index (χ0) is 15.3. The van der Waals surface area contributed by atoms with Gasteiger partial charge in [-0.2, -0.15) is 8.78 Å². The van der Waals surface area contributed by atoms with Crippen molar-refractivity contribution in [3.05, 3.63) is 24.3 Å². The molecular formula is C12H16ClF2NO3S. The molecule has 8 heteroatoms. The maximum absolute atomic E-state index is 12.7. The van der Waals surface area contributed by atoms with Crippen LogP contribution in [0, 0.1) is 0 Å². The number of methoxy groups -OCH3 is 1. The number of rotatable bonds is 7. The molecule has 0 aromatic heterocycles. The second-order valence-electron chi connectivity index (χ2n) is 4.21. The Morgan fingerprint density at radius 3 is 2.50 bits per heavy atom. The van der Waals surface area contributed by atoms with Gasteiger partial charge >= 0.3 is 5.76 Å². The van der Waals surface area contributed by atoms with E-state index in [9.17, 15) is 17.2 Å². The standard InChI is InChI=1S/C12H16ClF2NO3S/c1-16(7-9(13)8-19-2)10-5-3-4-6-11(10)20(17,18)12(14)15/h3-6,9,12H,7-8H2,1-2H3. The summed E-state index contributed by atoms with van der Waals surface area (Å²) >= 11 is 5.99. The molecule has 4 nitrogen and oxygen atoms in total. The highest BCUT2D eigenvalue weighted by molar-refractivity contribution is 7.91. The van der Waals surface area contributed by atoms with Gasteiger partial charge in [-0.25, -0.2) is 8.42 Å². The first-order valence-electron chi connectivity index (χ1n) is 5.76. The number of hydrogen-bond donors (Lipinski definition) is 0. The van der Waals surface area contributed by atoms with Gasteiger partial charge in [0.15, 0.2) is 0 Å². The van der Waals surface area contributed by atoms with Crippen LogP contribution in [0.2, 0.25) is 0 Å². The highest BCUT2D eigenvalue weighted by Gasteiger charge is 2.30. The van der Waals surface area contributed by atoms with Gasteiger partial charge in [-0.1, -0.05) is 12.1 Å². The summed E-state index contributed by atoms with van der Waals surface area (Å²) < 4.78 is 53.5. The lowest BCUT2D eigenvalue weighted by molar-refractivity contribution is 0.199. The van der Waals surface area contributed by atoms with Crippen LogP contribution in [0.1, 0.15) is 0 Å². The van der Waals surface area contributed by atoms with E-state index in [0.717, 1.165) is 6.07 Å². The predicted octanol–water partition coefficient (Wildman–Crippen LogP) is 2.37. The Balaban J connectivity index is 3.08. The van der Waals surface area contributed by atoms with Crippen molar-refractivity contribution in [1.82, 2.24) is 0 Å². The number of hydrogen-bond acceptors (Lipinski definition) is 4. The maximum atomic E-state index is 12.7. The monoisotopic (exact) mass is 327 g/mol. The molecule has 0 fully saturated rings. The molecule has 1 aromatic carbocycles. The van der Waals surface area contributed by atoms with Gasteiger partial charge in [-0.3, -0.25) is 0 Å². The van der Waals surface area contributed by atoms with Gasteiger partial charge in [0, 0.05) is 20.7 Å². The molecule has 0 spiro atoms. The van der Waals surface area contributed by atoms with Gasteiger partial charge in [0.2, 0.25) is 9.84 Å². The Morgan fingerprint density at radius 1 is 1.35 bits per heavy atom. The molecule has 0 aliphatic heterocycles. The number of anilines is 1. The minimum Gasteiger partial charge on any atom is -0.383 e. The molecule has 0 aliphatic carbocycles. The van der Waals surface area contributed by atoms with Crippen molar-refractivity contribution in [2.24, 2.45) is 0 Å². The Labute approximate surface area is 122 Å². The van der Waals surface area contributed by atoms with Gasteiger partial charge in [0.05, 0.1) is 22.6 Å². The Bertz CT molecular complexity index is 539. The van der Waals surface area contributed by atoms with Gasteiger partial charge in [-0.05, 0) is 12.1 Å². The quantitative estimate of drug-likeness (QED) is 0.721. The first-order chi connectivity index (χ1) is 9.30. The zero-order valence-corrected chi connectivity index (χ0v) is 12.7. The van der Waals surface area contributed by atoms with Crippen LogP contribution in [0.5, 0.6) is 0 Å². The van der Waals surface area contributed by atoms with Crippen LogP contribution in [0.15, 0.2) is 29.2 Å². The van der Waals surface area contributed by atoms with E-state index < -0.39 is 20.5 Å². The summed E-state index contributed by atoms with van der Waals surface area (Å²) in [5, 5.41) is -0.382. The summed E-state index contributed by atoms with van der Waals surface area (Å²) in [7, 11) is -1.57. The Kier molecular flexibility index (Phi) is 6.16. The molecular weight excluding hydrogens is 312 g/mol. The summed E-state index contributed by atoms with van der Waals surface area (Å²) in [6, 6.07) is 5.61. The third-order valence-corrected chi connectivity index (χ3v) is 4.33. The molecule has 0 radical (unpaired) electrons. The molecule has 0 amide bonds. The smallest absolute Gasteiger partial charge is 0.341 e. The SMILES string of the molecule is COCC(Cl)CN(C)c1ccccc1S(=O)(=O)C(F)F. The Hall–Kier alpha value is -0.920. The van der Waals surface area contributed by atoms with Crippen LogP contribution < -0.4 is 4.90 Å². The number of nitrogens with zero attached hydrogens (tertiary/aromatic N) is 1. The fraction of sp³-hybridized carbons (Fsp3) is 0.500. The minimum absolute atomic E-state index is 0.189. The van der Waals surface area contributed by atoms with E-state index in [0.29, 0.717) is 0 Å². The van der Waals surface area contributed by atoms with Gasteiger partial charge in [-0.15, -0.1) is 11.6 Å². The first-order valence-corrected chi connectivity index (χ1v) is 7.74. The average molecular weight is 328 g/mol. The van der Waals surface area contributed by atoms with E-state index in [1.807, 2.05) is 0 Å². The van der Waals surface area contributed by atoms with Gasteiger partial charge < -0.3 is 9.64 Å². The number of sulfone groups is 1. The van der Waals surface area contributed by atoms with Crippen molar-refractivity contribution in [1.29, 1.82) is 0 Å². The zero-order valence-electron chi connectivity index (χ0n) is 11.1. The minimum atomic E-state index is -4.65. The molecule has 0 saturated heterocycles. The lowest BCUT2D eigenvalue weighted by Gasteiger charge is -2.24. The third-order valence-electron chi connectivity index (χ3n) is 2.64. The molecule has 0 heterocycles.